The average Bonchev–Trinajstić information content (AvgIpc) is 2.46. The molecule has 0 spiro atoms. The lowest BCUT2D eigenvalue weighted by molar-refractivity contribution is -0.384. The van der Waals surface area contributed by atoms with E-state index in [-0.39, 0.29) is 36.0 Å². The molecule has 4 N–H and O–H groups in total. The van der Waals surface area contributed by atoms with E-state index in [1.165, 1.54) is 4.31 Å². The molecule has 0 saturated carbocycles. The monoisotopic (exact) mass is 318 g/mol. The molecule has 0 heterocycles. The van der Waals surface area contributed by atoms with Crippen LogP contribution in [0.5, 0.6) is 0 Å². The molecule has 0 aliphatic carbocycles. The summed E-state index contributed by atoms with van der Waals surface area (Å²) in [7, 11) is -3.79. The molecular weight excluding hydrogens is 300 g/mol. The van der Waals surface area contributed by atoms with Crippen LogP contribution in [0.25, 0.3) is 0 Å². The Morgan fingerprint density at radius 3 is 2.62 bits per heavy atom. The lowest BCUT2D eigenvalue weighted by Gasteiger charge is -2.20. The van der Waals surface area contributed by atoms with E-state index in [4.69, 9.17) is 10.9 Å². The minimum atomic E-state index is -3.79. The number of nitrogens with two attached hydrogens (primary N) is 1. The van der Waals surface area contributed by atoms with Gasteiger partial charge in [0.2, 0.25) is 10.0 Å². The quantitative estimate of drug-likeness (QED) is 0.355. The lowest BCUT2D eigenvalue weighted by Crippen LogP contribution is -2.32. The van der Waals surface area contributed by atoms with E-state index in [0.717, 1.165) is 18.2 Å². The Balaban J connectivity index is 3.22. The SMILES string of the molecule is CCN(CCCO)S(=O)(=O)c1ccc([N+](=O)[O-])c(NN)c1. The fraction of sp³-hybridized carbons (Fsp3) is 0.455. The molecule has 21 heavy (non-hydrogen) atoms. The van der Waals surface area contributed by atoms with Gasteiger partial charge in [0.05, 0.1) is 9.82 Å². The number of hydrogen-bond acceptors (Lipinski definition) is 7. The Morgan fingerprint density at radius 1 is 1.48 bits per heavy atom. The van der Waals surface area contributed by atoms with Gasteiger partial charge >= 0.3 is 0 Å². The smallest absolute Gasteiger partial charge is 0.293 e. The minimum Gasteiger partial charge on any atom is -0.396 e. The third-order valence-corrected chi connectivity index (χ3v) is 4.85. The highest BCUT2D eigenvalue weighted by molar-refractivity contribution is 7.89. The van der Waals surface area contributed by atoms with Crippen LogP contribution in [0, 0.1) is 10.1 Å². The van der Waals surface area contributed by atoms with Crippen LogP contribution in [0.3, 0.4) is 0 Å². The molecule has 9 nitrogen and oxygen atoms in total. The number of hydrogen-bond donors (Lipinski definition) is 3. The van der Waals surface area contributed by atoms with Crippen molar-refractivity contribution < 1.29 is 18.4 Å². The van der Waals surface area contributed by atoms with E-state index in [9.17, 15) is 18.5 Å². The van der Waals surface area contributed by atoms with E-state index in [1.54, 1.807) is 6.92 Å². The van der Waals surface area contributed by atoms with Crippen molar-refractivity contribution >= 4 is 21.4 Å². The van der Waals surface area contributed by atoms with Crippen LogP contribution in [0.15, 0.2) is 23.1 Å². The Morgan fingerprint density at radius 2 is 2.14 bits per heavy atom. The molecule has 10 heteroatoms. The Kier molecular flexibility index (Phi) is 6.03. The molecule has 118 valence electrons. The molecule has 0 aliphatic rings. The van der Waals surface area contributed by atoms with Gasteiger partial charge in [-0.3, -0.25) is 16.0 Å². The molecule has 1 rings (SSSR count). The van der Waals surface area contributed by atoms with E-state index in [2.05, 4.69) is 5.43 Å². The zero-order valence-electron chi connectivity index (χ0n) is 11.5. The van der Waals surface area contributed by atoms with Crippen molar-refractivity contribution in [2.75, 3.05) is 25.1 Å². The number of benzene rings is 1. The van der Waals surface area contributed by atoms with Gasteiger partial charge in [0.1, 0.15) is 5.69 Å². The third-order valence-electron chi connectivity index (χ3n) is 2.88. The molecule has 0 atom stereocenters. The number of rotatable bonds is 8. The first-order valence-corrected chi connectivity index (χ1v) is 7.68. The number of nitro groups is 1. The second-order valence-electron chi connectivity index (χ2n) is 4.15. The summed E-state index contributed by atoms with van der Waals surface area (Å²) in [6.45, 7) is 1.94. The van der Waals surface area contributed by atoms with Crippen molar-refractivity contribution in [2.24, 2.45) is 5.84 Å². The zero-order chi connectivity index (χ0) is 16.0. The molecule has 0 amide bonds. The number of aliphatic hydroxyl groups excluding tert-OH is 1. The molecule has 1 aromatic carbocycles. The predicted molar refractivity (Wildman–Crippen MR) is 77.0 cm³/mol. The van der Waals surface area contributed by atoms with E-state index in [0.29, 0.717) is 6.42 Å². The van der Waals surface area contributed by atoms with E-state index >= 15 is 0 Å². The van der Waals surface area contributed by atoms with Crippen molar-refractivity contribution in [3.8, 4) is 0 Å². The number of aliphatic hydroxyl groups is 1. The Bertz CT molecular complexity index is 605. The van der Waals surface area contributed by atoms with Gasteiger partial charge in [0.25, 0.3) is 5.69 Å². The zero-order valence-corrected chi connectivity index (χ0v) is 12.3. The summed E-state index contributed by atoms with van der Waals surface area (Å²) >= 11 is 0. The maximum Gasteiger partial charge on any atom is 0.293 e. The fourth-order valence-corrected chi connectivity index (χ4v) is 3.31. The standard InChI is InChI=1S/C11H18N4O5S/c1-2-14(6-3-7-16)21(19,20)9-4-5-11(15(17)18)10(8-9)13-12/h4-5,8,13,16H,2-3,6-7,12H2,1H3. The molecule has 0 saturated heterocycles. The Labute approximate surface area is 122 Å². The first kappa shape index (κ1) is 17.3. The van der Waals surface area contributed by atoms with Crippen molar-refractivity contribution in [2.45, 2.75) is 18.2 Å². The third kappa shape index (κ3) is 3.88. The van der Waals surface area contributed by atoms with Crippen molar-refractivity contribution in [3.05, 3.63) is 28.3 Å². The normalized spacial score (nSPS) is 11.6. The molecule has 0 aliphatic heterocycles. The van der Waals surface area contributed by atoms with Crippen LogP contribution in [0.1, 0.15) is 13.3 Å². The molecule has 1 aromatic rings. The predicted octanol–water partition coefficient (Wildman–Crippen LogP) is 0.273. The van der Waals surface area contributed by atoms with E-state index in [1.807, 2.05) is 0 Å². The van der Waals surface area contributed by atoms with Gasteiger partial charge in [-0.2, -0.15) is 4.31 Å². The summed E-state index contributed by atoms with van der Waals surface area (Å²) in [5, 5.41) is 19.6. The number of nitro benzene ring substituents is 1. The highest BCUT2D eigenvalue weighted by Crippen LogP contribution is 2.28. The van der Waals surface area contributed by atoms with Gasteiger partial charge in [0.15, 0.2) is 0 Å². The van der Waals surface area contributed by atoms with Gasteiger partial charge in [-0.25, -0.2) is 8.42 Å². The van der Waals surface area contributed by atoms with Crippen LogP contribution in [0.2, 0.25) is 0 Å². The molecule has 0 radical (unpaired) electrons. The molecule has 0 bridgehead atoms. The van der Waals surface area contributed by atoms with Gasteiger partial charge in [0, 0.05) is 25.8 Å². The highest BCUT2D eigenvalue weighted by atomic mass is 32.2. The van der Waals surface area contributed by atoms with Gasteiger partial charge in [-0.15, -0.1) is 0 Å². The highest BCUT2D eigenvalue weighted by Gasteiger charge is 2.25. The van der Waals surface area contributed by atoms with Crippen LogP contribution >= 0.6 is 0 Å². The number of sulfonamides is 1. The number of nitrogens with one attached hydrogen (secondary N) is 1. The minimum absolute atomic E-state index is 0.0840. The topological polar surface area (TPSA) is 139 Å². The largest absolute Gasteiger partial charge is 0.396 e. The van der Waals surface area contributed by atoms with Gasteiger partial charge in [-0.05, 0) is 18.6 Å². The summed E-state index contributed by atoms with van der Waals surface area (Å²) in [4.78, 5) is 10.0. The summed E-state index contributed by atoms with van der Waals surface area (Å²) in [5.74, 6) is 5.19. The van der Waals surface area contributed by atoms with Gasteiger partial charge in [-0.1, -0.05) is 6.92 Å². The summed E-state index contributed by atoms with van der Waals surface area (Å²) in [6, 6.07) is 3.37. The van der Waals surface area contributed by atoms with Crippen LogP contribution in [-0.2, 0) is 10.0 Å². The lowest BCUT2D eigenvalue weighted by atomic mass is 10.3. The number of anilines is 1. The molecular formula is C11H18N4O5S. The summed E-state index contributed by atoms with van der Waals surface area (Å²) < 4.78 is 26.0. The first-order valence-electron chi connectivity index (χ1n) is 6.24. The first-order chi connectivity index (χ1) is 9.88. The maximum atomic E-state index is 12.4. The molecule has 0 aromatic heterocycles. The number of nitrogen functional groups attached to an aromatic ring is 1. The second kappa shape index (κ2) is 7.31. The summed E-state index contributed by atoms with van der Waals surface area (Å²) in [6.07, 6.45) is 0.308. The van der Waals surface area contributed by atoms with Crippen molar-refractivity contribution in [1.29, 1.82) is 0 Å². The molecule has 0 unspecified atom stereocenters. The van der Waals surface area contributed by atoms with Crippen LogP contribution in [-0.4, -0.2) is 42.4 Å². The van der Waals surface area contributed by atoms with Crippen LogP contribution in [0.4, 0.5) is 11.4 Å². The Hall–Kier alpha value is -1.75. The number of hydrazine groups is 1. The average molecular weight is 318 g/mol. The molecule has 0 fully saturated rings. The summed E-state index contributed by atoms with van der Waals surface area (Å²) in [5.41, 5.74) is 1.73. The maximum absolute atomic E-state index is 12.4. The van der Waals surface area contributed by atoms with E-state index < -0.39 is 14.9 Å². The number of nitrogens with zero attached hydrogens (tertiary/aromatic N) is 2. The van der Waals surface area contributed by atoms with Crippen molar-refractivity contribution in [3.63, 3.8) is 0 Å². The fourth-order valence-electron chi connectivity index (χ4n) is 1.79. The second-order valence-corrected chi connectivity index (χ2v) is 6.09. The van der Waals surface area contributed by atoms with Crippen molar-refractivity contribution in [1.82, 2.24) is 4.31 Å². The van der Waals surface area contributed by atoms with Crippen LogP contribution < -0.4 is 11.3 Å². The van der Waals surface area contributed by atoms with Gasteiger partial charge < -0.3 is 10.5 Å².